The summed E-state index contributed by atoms with van der Waals surface area (Å²) in [6.45, 7) is 4.06. The number of hydrogen-bond donors (Lipinski definition) is 1. The highest BCUT2D eigenvalue weighted by atomic mass is 32.2. The van der Waals surface area contributed by atoms with E-state index in [-0.39, 0.29) is 11.7 Å². The number of nitrogens with one attached hydrogen (secondary N) is 1. The van der Waals surface area contributed by atoms with Crippen LogP contribution in [0.25, 0.3) is 11.6 Å². The van der Waals surface area contributed by atoms with E-state index in [4.69, 9.17) is 4.42 Å². The number of nitrogens with zero attached hydrogens (tertiary/aromatic N) is 3. The van der Waals surface area contributed by atoms with E-state index in [1.54, 1.807) is 6.26 Å². The fraction of sp³-hybridized carbons (Fsp3) is 0.409. The van der Waals surface area contributed by atoms with Crippen LogP contribution in [-0.4, -0.2) is 26.4 Å². The zero-order valence-corrected chi connectivity index (χ0v) is 17.7. The molecule has 7 heteroatoms. The van der Waals surface area contributed by atoms with E-state index in [0.29, 0.717) is 6.04 Å². The van der Waals surface area contributed by atoms with Crippen molar-refractivity contribution in [3.63, 3.8) is 0 Å². The van der Waals surface area contributed by atoms with Crippen molar-refractivity contribution in [3.05, 3.63) is 47.7 Å². The molecule has 2 aromatic heterocycles. The highest BCUT2D eigenvalue weighted by molar-refractivity contribution is 7.99. The predicted octanol–water partition coefficient (Wildman–Crippen LogP) is 5.39. The maximum absolute atomic E-state index is 12.5. The van der Waals surface area contributed by atoms with E-state index >= 15 is 0 Å². The minimum absolute atomic E-state index is 0.0438. The summed E-state index contributed by atoms with van der Waals surface area (Å²) < 4.78 is 7.75. The summed E-state index contributed by atoms with van der Waals surface area (Å²) in [5, 5.41) is 12.5. The Kier molecular flexibility index (Phi) is 6.04. The van der Waals surface area contributed by atoms with Gasteiger partial charge in [-0.15, -0.1) is 10.2 Å². The Hall–Kier alpha value is -2.54. The predicted molar refractivity (Wildman–Crippen MR) is 115 cm³/mol. The molecule has 0 atom stereocenters. The van der Waals surface area contributed by atoms with Gasteiger partial charge in [0.05, 0.1) is 12.0 Å². The topological polar surface area (TPSA) is 73.0 Å². The molecule has 0 spiro atoms. The first kappa shape index (κ1) is 19.8. The van der Waals surface area contributed by atoms with Crippen molar-refractivity contribution in [1.82, 2.24) is 14.8 Å². The molecule has 0 radical (unpaired) electrons. The molecule has 29 heavy (non-hydrogen) atoms. The molecule has 0 unspecified atom stereocenters. The number of aryl methyl sites for hydroxylation is 2. The van der Waals surface area contributed by atoms with Crippen LogP contribution in [0.2, 0.25) is 0 Å². The first-order valence-corrected chi connectivity index (χ1v) is 11.1. The number of rotatable bonds is 6. The standard InChI is InChI=1S/C22H26N4O2S/c1-15-11-16(2)13-17(12-15)23-20(27)14-29-22-25-24-21(19-9-6-10-28-19)26(22)18-7-4-3-5-8-18/h6,9-13,18H,3-5,7-8,14H2,1-2H3,(H,23,27). The second-order valence-corrected chi connectivity index (χ2v) is 8.60. The molecule has 3 aromatic rings. The van der Waals surface area contributed by atoms with Gasteiger partial charge in [-0.25, -0.2) is 0 Å². The van der Waals surface area contributed by atoms with E-state index in [1.807, 2.05) is 38.1 Å². The minimum Gasteiger partial charge on any atom is -0.461 e. The number of amides is 1. The molecule has 0 saturated heterocycles. The van der Waals surface area contributed by atoms with Gasteiger partial charge in [-0.1, -0.05) is 37.1 Å². The lowest BCUT2D eigenvalue weighted by atomic mass is 9.95. The summed E-state index contributed by atoms with van der Waals surface area (Å²) in [5.74, 6) is 1.71. The van der Waals surface area contributed by atoms with Crippen molar-refractivity contribution in [2.24, 2.45) is 0 Å². The van der Waals surface area contributed by atoms with Gasteiger partial charge in [0, 0.05) is 11.7 Å². The Morgan fingerprint density at radius 3 is 2.62 bits per heavy atom. The Morgan fingerprint density at radius 1 is 1.17 bits per heavy atom. The summed E-state index contributed by atoms with van der Waals surface area (Å²) in [5.41, 5.74) is 3.10. The third kappa shape index (κ3) is 4.72. The highest BCUT2D eigenvalue weighted by Gasteiger charge is 2.25. The average molecular weight is 411 g/mol. The van der Waals surface area contributed by atoms with Gasteiger partial charge < -0.3 is 9.73 Å². The number of thioether (sulfide) groups is 1. The van der Waals surface area contributed by atoms with Crippen molar-refractivity contribution in [2.75, 3.05) is 11.1 Å². The molecule has 1 saturated carbocycles. The normalized spacial score (nSPS) is 14.8. The number of aromatic nitrogens is 3. The maximum atomic E-state index is 12.5. The summed E-state index contributed by atoms with van der Waals surface area (Å²) in [7, 11) is 0. The SMILES string of the molecule is Cc1cc(C)cc(NC(=O)CSc2nnc(-c3ccco3)n2C2CCCCC2)c1. The number of carbonyl (C=O) groups is 1. The number of hydrogen-bond acceptors (Lipinski definition) is 5. The lowest BCUT2D eigenvalue weighted by molar-refractivity contribution is -0.113. The van der Waals surface area contributed by atoms with Crippen LogP contribution < -0.4 is 5.32 Å². The monoisotopic (exact) mass is 410 g/mol. The van der Waals surface area contributed by atoms with Crippen LogP contribution in [0.3, 0.4) is 0 Å². The zero-order valence-electron chi connectivity index (χ0n) is 16.9. The van der Waals surface area contributed by atoms with Crippen molar-refractivity contribution in [3.8, 4) is 11.6 Å². The molecular formula is C22H26N4O2S. The van der Waals surface area contributed by atoms with Gasteiger partial charge in [-0.3, -0.25) is 9.36 Å². The minimum atomic E-state index is -0.0438. The molecule has 1 aliphatic carbocycles. The van der Waals surface area contributed by atoms with Gasteiger partial charge in [0.25, 0.3) is 0 Å². The van der Waals surface area contributed by atoms with Crippen LogP contribution in [0.4, 0.5) is 5.69 Å². The van der Waals surface area contributed by atoms with Crippen LogP contribution in [0, 0.1) is 13.8 Å². The van der Waals surface area contributed by atoms with Gasteiger partial charge in [0.2, 0.25) is 11.7 Å². The Bertz CT molecular complexity index is 955. The van der Waals surface area contributed by atoms with Crippen LogP contribution in [0.1, 0.15) is 49.3 Å². The largest absolute Gasteiger partial charge is 0.461 e. The molecule has 1 fully saturated rings. The van der Waals surface area contributed by atoms with Crippen molar-refractivity contribution < 1.29 is 9.21 Å². The van der Waals surface area contributed by atoms with Crippen LogP contribution in [0.5, 0.6) is 0 Å². The van der Waals surface area contributed by atoms with Gasteiger partial charge in [0.1, 0.15) is 0 Å². The lowest BCUT2D eigenvalue weighted by Crippen LogP contribution is -2.17. The Balaban J connectivity index is 1.50. The van der Waals surface area contributed by atoms with Crippen molar-refractivity contribution >= 4 is 23.4 Å². The fourth-order valence-electron chi connectivity index (χ4n) is 3.99. The molecule has 0 bridgehead atoms. The van der Waals surface area contributed by atoms with Gasteiger partial charge >= 0.3 is 0 Å². The molecule has 1 N–H and O–H groups in total. The maximum Gasteiger partial charge on any atom is 0.234 e. The summed E-state index contributed by atoms with van der Waals surface area (Å²) >= 11 is 1.43. The second kappa shape index (κ2) is 8.86. The molecule has 1 aromatic carbocycles. The number of carbonyl (C=O) groups excluding carboxylic acids is 1. The molecule has 4 rings (SSSR count). The Labute approximate surface area is 175 Å². The quantitative estimate of drug-likeness (QED) is 0.552. The molecule has 6 nitrogen and oxygen atoms in total. The lowest BCUT2D eigenvalue weighted by Gasteiger charge is -2.25. The summed E-state index contributed by atoms with van der Waals surface area (Å²) in [6, 6.07) is 10.2. The molecule has 1 amide bonds. The van der Waals surface area contributed by atoms with Crippen LogP contribution in [-0.2, 0) is 4.79 Å². The fourth-order valence-corrected chi connectivity index (χ4v) is 4.80. The highest BCUT2D eigenvalue weighted by Crippen LogP contribution is 2.35. The molecule has 152 valence electrons. The first-order valence-electron chi connectivity index (χ1n) is 10.1. The molecule has 1 aliphatic rings. The van der Waals surface area contributed by atoms with Crippen molar-refractivity contribution in [2.45, 2.75) is 57.1 Å². The van der Waals surface area contributed by atoms with Crippen LogP contribution in [0.15, 0.2) is 46.2 Å². The van der Waals surface area contributed by atoms with E-state index in [9.17, 15) is 4.79 Å². The smallest absolute Gasteiger partial charge is 0.234 e. The third-order valence-electron chi connectivity index (χ3n) is 5.18. The number of anilines is 1. The van der Waals surface area contributed by atoms with Gasteiger partial charge in [0.15, 0.2) is 10.9 Å². The second-order valence-electron chi connectivity index (χ2n) is 7.66. The van der Waals surface area contributed by atoms with Crippen LogP contribution >= 0.6 is 11.8 Å². The number of furan rings is 1. The van der Waals surface area contributed by atoms with E-state index < -0.39 is 0 Å². The first-order chi connectivity index (χ1) is 14.1. The molecule has 0 aliphatic heterocycles. The third-order valence-corrected chi connectivity index (χ3v) is 6.13. The van der Waals surface area contributed by atoms with E-state index in [2.05, 4.69) is 26.1 Å². The molecule has 2 heterocycles. The average Bonchev–Trinajstić information content (AvgIpc) is 3.36. The van der Waals surface area contributed by atoms with Gasteiger partial charge in [-0.05, 0) is 62.1 Å². The zero-order chi connectivity index (χ0) is 20.2. The van der Waals surface area contributed by atoms with Crippen molar-refractivity contribution in [1.29, 1.82) is 0 Å². The summed E-state index contributed by atoms with van der Waals surface area (Å²) in [6.07, 6.45) is 7.55. The molecular weight excluding hydrogens is 384 g/mol. The number of benzene rings is 1. The van der Waals surface area contributed by atoms with E-state index in [1.165, 1.54) is 31.0 Å². The van der Waals surface area contributed by atoms with Gasteiger partial charge in [-0.2, -0.15) is 0 Å². The Morgan fingerprint density at radius 2 is 1.93 bits per heavy atom. The van der Waals surface area contributed by atoms with E-state index in [0.717, 1.165) is 46.4 Å². The summed E-state index contributed by atoms with van der Waals surface area (Å²) in [4.78, 5) is 12.5.